The normalized spacial score (nSPS) is 23.2. The van der Waals surface area contributed by atoms with E-state index in [1.165, 1.54) is 24.3 Å². The van der Waals surface area contributed by atoms with Gasteiger partial charge in [-0.25, -0.2) is 4.39 Å². The quantitative estimate of drug-likeness (QED) is 0.621. The first-order valence-electron chi connectivity index (χ1n) is 9.05. The Morgan fingerprint density at radius 3 is 2.44 bits per heavy atom. The van der Waals surface area contributed by atoms with Crippen LogP contribution in [0.5, 0.6) is 0 Å². The first-order chi connectivity index (χ1) is 11.6. The molecule has 1 heterocycles. The van der Waals surface area contributed by atoms with Crippen molar-refractivity contribution in [3.63, 3.8) is 0 Å². The number of benzene rings is 1. The number of Topliss-reactive ketones (excluding diaryl/α,β-unsaturated/α-hetero) is 1. The first-order valence-corrected chi connectivity index (χ1v) is 11.8. The molecule has 0 aliphatic carbocycles. The molecule has 4 nitrogen and oxygen atoms in total. The fourth-order valence-electron chi connectivity index (χ4n) is 3.54. The summed E-state index contributed by atoms with van der Waals surface area (Å²) in [6, 6.07) is 5.84. The van der Waals surface area contributed by atoms with E-state index in [0.717, 1.165) is 12.8 Å². The highest BCUT2D eigenvalue weighted by Gasteiger charge is 2.42. The van der Waals surface area contributed by atoms with Crippen LogP contribution < -0.4 is 5.73 Å². The van der Waals surface area contributed by atoms with Gasteiger partial charge in [-0.2, -0.15) is 0 Å². The molecule has 25 heavy (non-hydrogen) atoms. The van der Waals surface area contributed by atoms with E-state index in [-0.39, 0.29) is 41.9 Å². The predicted molar refractivity (Wildman–Crippen MR) is 102 cm³/mol. The third-order valence-electron chi connectivity index (χ3n) is 4.72. The standard InChI is InChI=1S/C19H31FN2O2Si/c1-19(2,3)18(24-25(4)5)15-10-11-17(21)22(15)12-16(23)13-6-8-14(20)9-7-13/h6-9,15,17-18,25H,10-12,21H2,1-5H3. The second-order valence-electron chi connectivity index (χ2n) is 8.29. The van der Waals surface area contributed by atoms with Crippen molar-refractivity contribution in [3.05, 3.63) is 35.6 Å². The van der Waals surface area contributed by atoms with E-state index in [2.05, 4.69) is 38.8 Å². The molecule has 2 N–H and O–H groups in total. The van der Waals surface area contributed by atoms with E-state index in [1.807, 2.05) is 0 Å². The van der Waals surface area contributed by atoms with Gasteiger partial charge in [-0.3, -0.25) is 9.69 Å². The Morgan fingerprint density at radius 1 is 1.32 bits per heavy atom. The number of nitrogens with two attached hydrogens (primary N) is 1. The van der Waals surface area contributed by atoms with E-state index in [9.17, 15) is 9.18 Å². The molecule has 6 heteroatoms. The Morgan fingerprint density at radius 2 is 1.92 bits per heavy atom. The number of likely N-dealkylation sites (tertiary alicyclic amines) is 1. The lowest BCUT2D eigenvalue weighted by Gasteiger charge is -2.41. The minimum atomic E-state index is -1.23. The van der Waals surface area contributed by atoms with E-state index < -0.39 is 9.04 Å². The van der Waals surface area contributed by atoms with Gasteiger partial charge in [-0.05, 0) is 55.6 Å². The van der Waals surface area contributed by atoms with Gasteiger partial charge in [-0.15, -0.1) is 0 Å². The molecule has 0 radical (unpaired) electrons. The Bertz CT molecular complexity index is 586. The molecule has 0 spiro atoms. The highest BCUT2D eigenvalue weighted by molar-refractivity contribution is 6.48. The van der Waals surface area contributed by atoms with Crippen molar-refractivity contribution >= 4 is 14.8 Å². The van der Waals surface area contributed by atoms with Crippen LogP contribution in [0.1, 0.15) is 44.0 Å². The van der Waals surface area contributed by atoms with Gasteiger partial charge < -0.3 is 10.2 Å². The maximum Gasteiger partial charge on any atom is 0.176 e. The monoisotopic (exact) mass is 366 g/mol. The largest absolute Gasteiger partial charge is 0.416 e. The van der Waals surface area contributed by atoms with Crippen LogP contribution >= 0.6 is 0 Å². The average molecular weight is 367 g/mol. The molecule has 0 bridgehead atoms. The highest BCUT2D eigenvalue weighted by Crippen LogP contribution is 2.35. The van der Waals surface area contributed by atoms with E-state index in [0.29, 0.717) is 5.56 Å². The van der Waals surface area contributed by atoms with Gasteiger partial charge >= 0.3 is 0 Å². The predicted octanol–water partition coefficient (Wildman–Crippen LogP) is 3.17. The molecule has 3 atom stereocenters. The summed E-state index contributed by atoms with van der Waals surface area (Å²) in [4.78, 5) is 14.7. The number of rotatable bonds is 6. The summed E-state index contributed by atoms with van der Waals surface area (Å²) >= 11 is 0. The van der Waals surface area contributed by atoms with Crippen molar-refractivity contribution in [1.82, 2.24) is 4.90 Å². The molecule has 1 aromatic carbocycles. The van der Waals surface area contributed by atoms with Gasteiger partial charge in [0.1, 0.15) is 5.82 Å². The van der Waals surface area contributed by atoms with Crippen LogP contribution in [0.15, 0.2) is 24.3 Å². The molecule has 0 amide bonds. The second-order valence-corrected chi connectivity index (χ2v) is 10.7. The zero-order chi connectivity index (χ0) is 18.8. The molecular weight excluding hydrogens is 335 g/mol. The number of halogens is 1. The van der Waals surface area contributed by atoms with Gasteiger partial charge in [0.2, 0.25) is 0 Å². The molecule has 3 unspecified atom stereocenters. The van der Waals surface area contributed by atoms with Crippen LogP contribution in [0, 0.1) is 11.2 Å². The van der Waals surface area contributed by atoms with Crippen molar-refractivity contribution in [1.29, 1.82) is 0 Å². The molecule has 140 valence electrons. The second kappa shape index (κ2) is 8.08. The molecule has 2 rings (SSSR count). The van der Waals surface area contributed by atoms with E-state index in [4.69, 9.17) is 10.2 Å². The molecule has 0 saturated carbocycles. The minimum absolute atomic E-state index is 0.0246. The Hall–Kier alpha value is -1.08. The fourth-order valence-corrected chi connectivity index (χ4v) is 4.71. The van der Waals surface area contributed by atoms with Crippen LogP contribution in [-0.2, 0) is 4.43 Å². The lowest BCUT2D eigenvalue weighted by molar-refractivity contribution is 0.00590. The first kappa shape index (κ1) is 20.2. The van der Waals surface area contributed by atoms with Gasteiger partial charge in [0.15, 0.2) is 14.8 Å². The zero-order valence-corrected chi connectivity index (χ0v) is 17.1. The van der Waals surface area contributed by atoms with Gasteiger partial charge in [0.05, 0.1) is 18.8 Å². The lowest BCUT2D eigenvalue weighted by Crippen LogP contribution is -2.53. The summed E-state index contributed by atoms with van der Waals surface area (Å²) in [5.74, 6) is -0.368. The highest BCUT2D eigenvalue weighted by atomic mass is 28.3. The summed E-state index contributed by atoms with van der Waals surface area (Å²) in [5.41, 5.74) is 6.80. The SMILES string of the molecule is C[SiH](C)OC(C1CCC(N)N1CC(=O)c1ccc(F)cc1)C(C)(C)C. The average Bonchev–Trinajstić information content (AvgIpc) is 2.85. The summed E-state index contributed by atoms with van der Waals surface area (Å²) in [6.45, 7) is 11.1. The fraction of sp³-hybridized carbons (Fsp3) is 0.632. The van der Waals surface area contributed by atoms with Crippen LogP contribution in [0.25, 0.3) is 0 Å². The number of hydrogen-bond donors (Lipinski definition) is 1. The van der Waals surface area contributed by atoms with Crippen LogP contribution in [0.3, 0.4) is 0 Å². The Labute approximate surface area is 152 Å². The summed E-state index contributed by atoms with van der Waals surface area (Å²) < 4.78 is 19.4. The molecular formula is C19H31FN2O2Si. The zero-order valence-electron chi connectivity index (χ0n) is 16.0. The van der Waals surface area contributed by atoms with Gasteiger partial charge in [0, 0.05) is 11.6 Å². The molecule has 1 aromatic rings. The van der Waals surface area contributed by atoms with Crippen molar-refractivity contribution in [2.75, 3.05) is 6.54 Å². The van der Waals surface area contributed by atoms with Gasteiger partial charge in [0.25, 0.3) is 0 Å². The van der Waals surface area contributed by atoms with Gasteiger partial charge in [-0.1, -0.05) is 20.8 Å². The van der Waals surface area contributed by atoms with E-state index in [1.54, 1.807) is 0 Å². The van der Waals surface area contributed by atoms with Crippen molar-refractivity contribution in [3.8, 4) is 0 Å². The molecule has 1 fully saturated rings. The third-order valence-corrected chi connectivity index (χ3v) is 5.56. The summed E-state index contributed by atoms with van der Waals surface area (Å²) in [7, 11) is -1.23. The number of hydrogen-bond acceptors (Lipinski definition) is 4. The number of carbonyl (C=O) groups excluding carboxylic acids is 1. The minimum Gasteiger partial charge on any atom is -0.416 e. The molecule has 1 saturated heterocycles. The Kier molecular flexibility index (Phi) is 6.54. The van der Waals surface area contributed by atoms with Crippen LogP contribution in [0.2, 0.25) is 13.1 Å². The topological polar surface area (TPSA) is 55.6 Å². The number of carbonyl (C=O) groups is 1. The maximum absolute atomic E-state index is 13.1. The number of ketones is 1. The third kappa shape index (κ3) is 5.20. The Balaban J connectivity index is 2.18. The summed E-state index contributed by atoms with van der Waals surface area (Å²) in [6.07, 6.45) is 1.70. The summed E-state index contributed by atoms with van der Waals surface area (Å²) in [5, 5.41) is 0. The maximum atomic E-state index is 13.1. The molecule has 0 aromatic heterocycles. The lowest BCUT2D eigenvalue weighted by atomic mass is 9.83. The van der Waals surface area contributed by atoms with Crippen molar-refractivity contribution < 1.29 is 13.6 Å². The molecule has 1 aliphatic heterocycles. The smallest absolute Gasteiger partial charge is 0.176 e. The van der Waals surface area contributed by atoms with E-state index >= 15 is 0 Å². The van der Waals surface area contributed by atoms with Crippen molar-refractivity contribution in [2.24, 2.45) is 11.1 Å². The van der Waals surface area contributed by atoms with Crippen molar-refractivity contribution in [2.45, 2.75) is 65.0 Å². The van der Waals surface area contributed by atoms with Crippen LogP contribution in [0.4, 0.5) is 4.39 Å². The van der Waals surface area contributed by atoms with Crippen LogP contribution in [-0.4, -0.2) is 44.6 Å². The number of nitrogens with zero attached hydrogens (tertiary/aromatic N) is 1. The molecule has 1 aliphatic rings.